The van der Waals surface area contributed by atoms with Crippen LogP contribution in [-0.4, -0.2) is 62.5 Å². The number of halogens is 1. The van der Waals surface area contributed by atoms with Crippen molar-refractivity contribution >= 4 is 32.5 Å². The van der Waals surface area contributed by atoms with Gasteiger partial charge >= 0.3 is 0 Å². The number of piperazine rings is 1. The van der Waals surface area contributed by atoms with Crippen molar-refractivity contribution in [2.24, 2.45) is 0 Å². The predicted molar refractivity (Wildman–Crippen MR) is 152 cm³/mol. The molecule has 204 valence electrons. The summed E-state index contributed by atoms with van der Waals surface area (Å²) in [7, 11) is -0.185. The Bertz CT molecular complexity index is 1630. The zero-order valence-electron chi connectivity index (χ0n) is 21.8. The van der Waals surface area contributed by atoms with Crippen molar-refractivity contribution in [3.63, 3.8) is 0 Å². The highest BCUT2D eigenvalue weighted by Gasteiger charge is 2.27. The second-order valence-corrected chi connectivity index (χ2v) is 11.9. The molecule has 1 aliphatic heterocycles. The number of pyridine rings is 1. The van der Waals surface area contributed by atoms with Gasteiger partial charge in [0.2, 0.25) is 10.0 Å². The molecule has 2 heterocycles. The van der Waals surface area contributed by atoms with Crippen molar-refractivity contribution in [2.45, 2.75) is 17.9 Å². The summed E-state index contributed by atoms with van der Waals surface area (Å²) >= 11 is 6.35. The van der Waals surface area contributed by atoms with Crippen molar-refractivity contribution in [1.82, 2.24) is 13.8 Å². The Morgan fingerprint density at radius 3 is 2.28 bits per heavy atom. The number of likely N-dealkylation sites (N-methyl/N-ethyl adjacent to an activating group) is 1. The number of rotatable bonds is 8. The number of nitrogens with zero attached hydrogens (tertiary/aromatic N) is 3. The average molecular weight is 568 g/mol. The highest BCUT2D eigenvalue weighted by atomic mass is 35.5. The van der Waals surface area contributed by atoms with Gasteiger partial charge in [0.1, 0.15) is 6.61 Å². The molecule has 0 atom stereocenters. The second-order valence-electron chi connectivity index (χ2n) is 9.54. The maximum absolute atomic E-state index is 13.8. The molecule has 1 saturated heterocycles. The van der Waals surface area contributed by atoms with E-state index in [4.69, 9.17) is 21.4 Å². The molecular weight excluding hydrogens is 538 g/mol. The van der Waals surface area contributed by atoms with Gasteiger partial charge in [0.25, 0.3) is 0 Å². The lowest BCUT2D eigenvalue weighted by Gasteiger charge is -2.31. The van der Waals surface area contributed by atoms with Crippen LogP contribution in [0, 0.1) is 0 Å². The van der Waals surface area contributed by atoms with E-state index in [0.29, 0.717) is 53.4 Å². The van der Waals surface area contributed by atoms with Gasteiger partial charge in [0, 0.05) is 54.3 Å². The summed E-state index contributed by atoms with van der Waals surface area (Å²) in [5.74, 6) is 0. The molecule has 0 bridgehead atoms. The summed E-state index contributed by atoms with van der Waals surface area (Å²) in [6, 6.07) is 21.6. The Balaban J connectivity index is 1.58. The van der Waals surface area contributed by atoms with Crippen molar-refractivity contribution in [2.75, 3.05) is 40.3 Å². The molecule has 5 rings (SSSR count). The molecule has 8 nitrogen and oxygen atoms in total. The summed E-state index contributed by atoms with van der Waals surface area (Å²) < 4.78 is 29.8. The Labute approximate surface area is 232 Å². The minimum absolute atomic E-state index is 0.0221. The number of fused-ring (bicyclic) bond motifs is 1. The van der Waals surface area contributed by atoms with Gasteiger partial charge in [0.05, 0.1) is 23.2 Å². The molecule has 1 aromatic heterocycles. The van der Waals surface area contributed by atoms with Crippen LogP contribution >= 0.6 is 11.6 Å². The lowest BCUT2D eigenvalue weighted by molar-refractivity contribution is -0.283. The zero-order valence-corrected chi connectivity index (χ0v) is 23.4. The Morgan fingerprint density at radius 1 is 0.923 bits per heavy atom. The number of sulfonamides is 1. The molecule has 0 N–H and O–H groups in total. The summed E-state index contributed by atoms with van der Waals surface area (Å²) in [4.78, 5) is 26.4. The molecule has 0 radical (unpaired) electrons. The minimum Gasteiger partial charge on any atom is -0.311 e. The Hall–Kier alpha value is -3.05. The molecular formula is C29H30ClN3O5S. The second kappa shape index (κ2) is 11.6. The van der Waals surface area contributed by atoms with Crippen LogP contribution in [-0.2, 0) is 32.8 Å². The number of hydrogen-bond donors (Lipinski definition) is 0. The van der Waals surface area contributed by atoms with E-state index < -0.39 is 10.0 Å². The Morgan fingerprint density at radius 2 is 1.62 bits per heavy atom. The SMILES string of the molecule is COOCc1c(Cc2ccc(S(=O)(=O)N3CCN(C)CC3)cc2)c(=O)c2ccc(Cl)cc2n1-c1ccccc1. The zero-order chi connectivity index (χ0) is 27.6. The number of aromatic nitrogens is 1. The lowest BCUT2D eigenvalue weighted by Crippen LogP contribution is -2.46. The minimum atomic E-state index is -3.59. The van der Waals surface area contributed by atoms with Gasteiger partial charge in [-0.2, -0.15) is 4.31 Å². The van der Waals surface area contributed by atoms with Crippen molar-refractivity contribution in [1.29, 1.82) is 0 Å². The first-order valence-corrected chi connectivity index (χ1v) is 14.5. The van der Waals surface area contributed by atoms with Gasteiger partial charge in [-0.3, -0.25) is 4.79 Å². The molecule has 0 spiro atoms. The third kappa shape index (κ3) is 5.65. The van der Waals surface area contributed by atoms with Crippen LogP contribution in [0.25, 0.3) is 16.6 Å². The van der Waals surface area contributed by atoms with Gasteiger partial charge < -0.3 is 9.47 Å². The summed E-state index contributed by atoms with van der Waals surface area (Å²) in [5.41, 5.74) is 3.31. The molecule has 4 aromatic rings. The number of benzene rings is 3. The van der Waals surface area contributed by atoms with E-state index >= 15 is 0 Å². The molecule has 0 unspecified atom stereocenters. The van der Waals surface area contributed by atoms with Crippen LogP contribution < -0.4 is 5.43 Å². The first kappa shape index (κ1) is 27.5. The van der Waals surface area contributed by atoms with Gasteiger partial charge in [0.15, 0.2) is 5.43 Å². The van der Waals surface area contributed by atoms with Crippen molar-refractivity contribution < 1.29 is 18.2 Å². The topological polar surface area (TPSA) is 81.1 Å². The average Bonchev–Trinajstić information content (AvgIpc) is 2.94. The van der Waals surface area contributed by atoms with Crippen LogP contribution in [0.3, 0.4) is 0 Å². The molecule has 10 heteroatoms. The normalized spacial score (nSPS) is 15.2. The third-order valence-electron chi connectivity index (χ3n) is 7.07. The fraction of sp³-hybridized carbons (Fsp3) is 0.276. The summed E-state index contributed by atoms with van der Waals surface area (Å²) in [6.45, 7) is 2.34. The van der Waals surface area contributed by atoms with E-state index in [2.05, 4.69) is 4.90 Å². The maximum atomic E-state index is 13.8. The first-order valence-electron chi connectivity index (χ1n) is 12.6. The third-order valence-corrected chi connectivity index (χ3v) is 9.22. The van der Waals surface area contributed by atoms with Crippen molar-refractivity contribution in [3.05, 3.63) is 105 Å². The first-order chi connectivity index (χ1) is 18.8. The predicted octanol–water partition coefficient (Wildman–Crippen LogP) is 4.25. The fourth-order valence-corrected chi connectivity index (χ4v) is 6.53. The van der Waals surface area contributed by atoms with Crippen LogP contribution in [0.15, 0.2) is 82.5 Å². The molecule has 39 heavy (non-hydrogen) atoms. The van der Waals surface area contributed by atoms with E-state index in [-0.39, 0.29) is 23.4 Å². The molecule has 1 aliphatic rings. The lowest BCUT2D eigenvalue weighted by atomic mass is 9.99. The van der Waals surface area contributed by atoms with Gasteiger partial charge in [-0.15, -0.1) is 0 Å². The fourth-order valence-electron chi connectivity index (χ4n) is 4.94. The van der Waals surface area contributed by atoms with Gasteiger partial charge in [-0.1, -0.05) is 41.9 Å². The quantitative estimate of drug-likeness (QED) is 0.234. The molecule has 0 saturated carbocycles. The monoisotopic (exact) mass is 567 g/mol. The van der Waals surface area contributed by atoms with E-state index in [0.717, 1.165) is 11.3 Å². The van der Waals surface area contributed by atoms with Crippen LogP contribution in [0.4, 0.5) is 0 Å². The van der Waals surface area contributed by atoms with Crippen molar-refractivity contribution in [3.8, 4) is 5.69 Å². The van der Waals surface area contributed by atoms with Gasteiger partial charge in [-0.05, 0) is 55.1 Å². The highest BCUT2D eigenvalue weighted by Crippen LogP contribution is 2.27. The van der Waals surface area contributed by atoms with E-state index in [1.807, 2.05) is 41.9 Å². The Kier molecular flexibility index (Phi) is 8.18. The number of hydrogen-bond acceptors (Lipinski definition) is 6. The summed E-state index contributed by atoms with van der Waals surface area (Å²) in [6.07, 6.45) is 0.279. The molecule has 1 fully saturated rings. The maximum Gasteiger partial charge on any atom is 0.243 e. The van der Waals surface area contributed by atoms with Crippen LogP contribution in [0.5, 0.6) is 0 Å². The molecule has 0 amide bonds. The highest BCUT2D eigenvalue weighted by molar-refractivity contribution is 7.89. The van der Waals surface area contributed by atoms with E-state index in [1.165, 1.54) is 11.4 Å². The number of para-hydroxylation sites is 1. The molecule has 0 aliphatic carbocycles. The van der Waals surface area contributed by atoms with Gasteiger partial charge in [-0.25, -0.2) is 18.2 Å². The summed E-state index contributed by atoms with van der Waals surface area (Å²) in [5, 5.41) is 1.03. The van der Waals surface area contributed by atoms with Crippen LogP contribution in [0.2, 0.25) is 5.02 Å². The van der Waals surface area contributed by atoms with E-state index in [1.54, 1.807) is 42.5 Å². The van der Waals surface area contributed by atoms with Crippen LogP contribution in [0.1, 0.15) is 16.8 Å². The molecule has 3 aromatic carbocycles. The van der Waals surface area contributed by atoms with E-state index in [9.17, 15) is 13.2 Å². The standard InChI is InChI=1S/C29H30ClN3O5S/c1-31-14-16-32(17-15-31)39(35,36)24-11-8-21(9-12-24)18-26-28(20-38-37-2)33(23-6-4-3-5-7-23)27-19-22(30)10-13-25(27)29(26)34/h3-13,19H,14-18,20H2,1-2H3. The largest absolute Gasteiger partial charge is 0.311 e. The smallest absolute Gasteiger partial charge is 0.243 e.